The van der Waals surface area contributed by atoms with E-state index < -0.39 is 18.5 Å². The van der Waals surface area contributed by atoms with Crippen LogP contribution in [0.4, 0.5) is 0 Å². The standard InChI is InChI=1S/C19H15N3O4/c20-8-4-9-21-18(23)12-26-19(24)14-11-16(17-7-3-10-25-17)22-15-6-2-1-5-13(14)15/h1-3,5-7,10-11H,4,9,12H2,(H,21,23). The number of esters is 1. The Hall–Kier alpha value is -3.66. The molecule has 0 aliphatic carbocycles. The first-order chi connectivity index (χ1) is 12.7. The van der Waals surface area contributed by atoms with Gasteiger partial charge in [0, 0.05) is 11.9 Å². The smallest absolute Gasteiger partial charge is 0.339 e. The number of aromatic nitrogens is 1. The van der Waals surface area contributed by atoms with Gasteiger partial charge in [-0.2, -0.15) is 5.26 Å². The highest BCUT2D eigenvalue weighted by atomic mass is 16.5. The van der Waals surface area contributed by atoms with Crippen molar-refractivity contribution >= 4 is 22.8 Å². The molecule has 7 heteroatoms. The molecule has 2 heterocycles. The fourth-order valence-corrected chi connectivity index (χ4v) is 2.41. The maximum Gasteiger partial charge on any atom is 0.339 e. The second-order valence-corrected chi connectivity index (χ2v) is 5.38. The number of amides is 1. The minimum absolute atomic E-state index is 0.196. The number of para-hydroxylation sites is 1. The highest BCUT2D eigenvalue weighted by molar-refractivity contribution is 6.05. The van der Waals surface area contributed by atoms with Gasteiger partial charge < -0.3 is 14.5 Å². The molecule has 26 heavy (non-hydrogen) atoms. The van der Waals surface area contributed by atoms with Crippen LogP contribution in [-0.4, -0.2) is 30.0 Å². The summed E-state index contributed by atoms with van der Waals surface area (Å²) in [6.45, 7) is -0.204. The molecule has 0 atom stereocenters. The summed E-state index contributed by atoms with van der Waals surface area (Å²) in [5.41, 5.74) is 1.41. The summed E-state index contributed by atoms with van der Waals surface area (Å²) in [7, 11) is 0. The number of carbonyl (C=O) groups is 2. The van der Waals surface area contributed by atoms with Gasteiger partial charge in [0.1, 0.15) is 5.69 Å². The predicted octanol–water partition coefficient (Wildman–Crippen LogP) is 2.68. The van der Waals surface area contributed by atoms with Gasteiger partial charge in [-0.05, 0) is 24.3 Å². The van der Waals surface area contributed by atoms with E-state index in [1.807, 2.05) is 12.1 Å². The number of nitrogens with one attached hydrogen (secondary N) is 1. The zero-order valence-electron chi connectivity index (χ0n) is 13.8. The summed E-state index contributed by atoms with van der Waals surface area (Å²) >= 11 is 0. The van der Waals surface area contributed by atoms with E-state index in [1.165, 1.54) is 6.26 Å². The van der Waals surface area contributed by atoms with Crippen molar-refractivity contribution in [2.75, 3.05) is 13.2 Å². The highest BCUT2D eigenvalue weighted by Gasteiger charge is 2.17. The molecule has 0 saturated heterocycles. The molecular formula is C19H15N3O4. The van der Waals surface area contributed by atoms with E-state index in [0.29, 0.717) is 27.9 Å². The van der Waals surface area contributed by atoms with Gasteiger partial charge in [0.15, 0.2) is 12.4 Å². The fourth-order valence-electron chi connectivity index (χ4n) is 2.41. The predicted molar refractivity (Wildman–Crippen MR) is 93.0 cm³/mol. The Morgan fingerprint density at radius 3 is 2.85 bits per heavy atom. The molecule has 0 radical (unpaired) electrons. The Kier molecular flexibility index (Phi) is 5.25. The van der Waals surface area contributed by atoms with Crippen LogP contribution in [0.2, 0.25) is 0 Å². The first-order valence-corrected chi connectivity index (χ1v) is 7.93. The third kappa shape index (κ3) is 3.87. The van der Waals surface area contributed by atoms with E-state index >= 15 is 0 Å². The van der Waals surface area contributed by atoms with Crippen molar-refractivity contribution in [3.05, 3.63) is 54.3 Å². The first-order valence-electron chi connectivity index (χ1n) is 7.93. The number of furan rings is 1. The summed E-state index contributed by atoms with van der Waals surface area (Å²) in [6.07, 6.45) is 1.72. The number of carbonyl (C=O) groups excluding carboxylic acids is 2. The van der Waals surface area contributed by atoms with Crippen molar-refractivity contribution in [2.45, 2.75) is 6.42 Å². The van der Waals surface area contributed by atoms with E-state index in [4.69, 9.17) is 14.4 Å². The van der Waals surface area contributed by atoms with Crippen LogP contribution >= 0.6 is 0 Å². The van der Waals surface area contributed by atoms with Crippen molar-refractivity contribution in [1.29, 1.82) is 5.26 Å². The maximum atomic E-state index is 12.5. The summed E-state index contributed by atoms with van der Waals surface area (Å²) in [4.78, 5) is 28.6. The van der Waals surface area contributed by atoms with Crippen LogP contribution in [0.3, 0.4) is 0 Å². The zero-order valence-corrected chi connectivity index (χ0v) is 13.8. The Bertz CT molecular complexity index is 974. The number of hydrogen-bond acceptors (Lipinski definition) is 6. The summed E-state index contributed by atoms with van der Waals surface area (Å²) in [6, 6.07) is 14.1. The molecule has 2 aromatic heterocycles. The molecule has 1 amide bonds. The second-order valence-electron chi connectivity index (χ2n) is 5.38. The van der Waals surface area contributed by atoms with Crippen LogP contribution in [-0.2, 0) is 9.53 Å². The Balaban J connectivity index is 1.83. The number of fused-ring (bicyclic) bond motifs is 1. The van der Waals surface area contributed by atoms with Crippen LogP contribution < -0.4 is 5.32 Å². The molecular weight excluding hydrogens is 334 g/mol. The van der Waals surface area contributed by atoms with Gasteiger partial charge in [-0.1, -0.05) is 18.2 Å². The van der Waals surface area contributed by atoms with Gasteiger partial charge in [-0.15, -0.1) is 0 Å². The first kappa shape index (κ1) is 17.2. The SMILES string of the molecule is N#CCCNC(=O)COC(=O)c1cc(-c2ccco2)nc2ccccc12. The summed E-state index contributed by atoms with van der Waals surface area (Å²) in [5, 5.41) is 11.6. The highest BCUT2D eigenvalue weighted by Crippen LogP contribution is 2.25. The van der Waals surface area contributed by atoms with E-state index in [1.54, 1.807) is 36.4 Å². The lowest BCUT2D eigenvalue weighted by Gasteiger charge is -2.09. The summed E-state index contributed by atoms with van der Waals surface area (Å²) < 4.78 is 10.5. The van der Waals surface area contributed by atoms with E-state index in [2.05, 4.69) is 10.3 Å². The van der Waals surface area contributed by atoms with Gasteiger partial charge in [0.05, 0.1) is 29.8 Å². The molecule has 0 saturated carbocycles. The monoisotopic (exact) mass is 349 g/mol. The van der Waals surface area contributed by atoms with E-state index in [-0.39, 0.29) is 13.0 Å². The van der Waals surface area contributed by atoms with Crippen molar-refractivity contribution in [3.63, 3.8) is 0 Å². The molecule has 3 rings (SSSR count). The largest absolute Gasteiger partial charge is 0.463 e. The van der Waals surface area contributed by atoms with Crippen molar-refractivity contribution < 1.29 is 18.7 Å². The number of ether oxygens (including phenoxy) is 1. The molecule has 0 spiro atoms. The van der Waals surface area contributed by atoms with Gasteiger partial charge in [0.2, 0.25) is 0 Å². The number of nitrogens with zero attached hydrogens (tertiary/aromatic N) is 2. The Morgan fingerprint density at radius 2 is 2.08 bits per heavy atom. The van der Waals surface area contributed by atoms with Crippen molar-refractivity contribution in [3.8, 4) is 17.5 Å². The lowest BCUT2D eigenvalue weighted by molar-refractivity contribution is -0.124. The third-order valence-electron chi connectivity index (χ3n) is 3.60. The molecule has 0 unspecified atom stereocenters. The number of nitriles is 1. The topological polar surface area (TPSA) is 105 Å². The molecule has 0 bridgehead atoms. The average Bonchev–Trinajstić information content (AvgIpc) is 3.20. The minimum atomic E-state index is -0.633. The number of rotatable bonds is 6. The Labute approximate surface area is 149 Å². The van der Waals surface area contributed by atoms with Crippen LogP contribution in [0.15, 0.2) is 53.1 Å². The minimum Gasteiger partial charge on any atom is -0.463 e. The van der Waals surface area contributed by atoms with E-state index in [0.717, 1.165) is 0 Å². The fraction of sp³-hybridized carbons (Fsp3) is 0.158. The van der Waals surface area contributed by atoms with Gasteiger partial charge in [-0.3, -0.25) is 4.79 Å². The summed E-state index contributed by atoms with van der Waals surface area (Å²) in [5.74, 6) is -0.566. The zero-order chi connectivity index (χ0) is 18.4. The third-order valence-corrected chi connectivity index (χ3v) is 3.60. The lowest BCUT2D eigenvalue weighted by Crippen LogP contribution is -2.29. The van der Waals surface area contributed by atoms with E-state index in [9.17, 15) is 9.59 Å². The van der Waals surface area contributed by atoms with Crippen molar-refractivity contribution in [1.82, 2.24) is 10.3 Å². The molecule has 1 N–H and O–H groups in total. The number of benzene rings is 1. The number of pyridine rings is 1. The molecule has 0 aliphatic rings. The molecule has 1 aromatic carbocycles. The van der Waals surface area contributed by atoms with Gasteiger partial charge >= 0.3 is 5.97 Å². The van der Waals surface area contributed by atoms with Gasteiger partial charge in [0.25, 0.3) is 5.91 Å². The quantitative estimate of drug-likeness (QED) is 0.542. The van der Waals surface area contributed by atoms with Crippen LogP contribution in [0.1, 0.15) is 16.8 Å². The molecule has 3 aromatic rings. The average molecular weight is 349 g/mol. The normalized spacial score (nSPS) is 10.3. The lowest BCUT2D eigenvalue weighted by atomic mass is 10.1. The van der Waals surface area contributed by atoms with Crippen molar-refractivity contribution in [2.24, 2.45) is 0 Å². The van der Waals surface area contributed by atoms with Gasteiger partial charge in [-0.25, -0.2) is 9.78 Å². The van der Waals surface area contributed by atoms with Crippen LogP contribution in [0.5, 0.6) is 0 Å². The molecule has 0 fully saturated rings. The number of hydrogen-bond donors (Lipinski definition) is 1. The second kappa shape index (κ2) is 7.94. The Morgan fingerprint density at radius 1 is 1.23 bits per heavy atom. The van der Waals surface area contributed by atoms with Crippen LogP contribution in [0.25, 0.3) is 22.4 Å². The molecule has 0 aliphatic heterocycles. The molecule has 7 nitrogen and oxygen atoms in total. The van der Waals surface area contributed by atoms with Crippen LogP contribution in [0, 0.1) is 11.3 Å². The maximum absolute atomic E-state index is 12.5. The molecule has 130 valence electrons.